The van der Waals surface area contributed by atoms with Crippen molar-refractivity contribution in [2.75, 3.05) is 0 Å². The van der Waals surface area contributed by atoms with Crippen LogP contribution in [0, 0.1) is 11.3 Å². The molecule has 0 N–H and O–H groups in total. The van der Waals surface area contributed by atoms with Crippen LogP contribution in [0.15, 0.2) is 0 Å². The summed E-state index contributed by atoms with van der Waals surface area (Å²) in [5.41, 5.74) is 0. The highest BCUT2D eigenvalue weighted by atomic mass is 28.4. The lowest BCUT2D eigenvalue weighted by atomic mass is 10.3. The fourth-order valence-corrected chi connectivity index (χ4v) is 1.70. The Morgan fingerprint density at radius 2 is 2.00 bits per heavy atom. The van der Waals surface area contributed by atoms with Crippen molar-refractivity contribution in [1.29, 1.82) is 5.26 Å². The monoisotopic (exact) mass is 157 g/mol. The van der Waals surface area contributed by atoms with Gasteiger partial charge in [0.2, 0.25) is 0 Å². The van der Waals surface area contributed by atoms with Crippen LogP contribution in [0.3, 0.4) is 0 Å². The second kappa shape index (κ2) is 3.74. The molecule has 0 aromatic rings. The highest BCUT2D eigenvalue weighted by Gasteiger charge is 2.18. The van der Waals surface area contributed by atoms with E-state index in [9.17, 15) is 0 Å². The molecular formula is C7H15NOSi. The van der Waals surface area contributed by atoms with Crippen LogP contribution in [-0.2, 0) is 4.43 Å². The zero-order chi connectivity index (χ0) is 8.20. The van der Waals surface area contributed by atoms with Crippen LogP contribution in [0.1, 0.15) is 13.3 Å². The molecule has 10 heavy (non-hydrogen) atoms. The fourth-order valence-electron chi connectivity index (χ4n) is 0.628. The number of hydrogen-bond acceptors (Lipinski definition) is 2. The number of hydrogen-bond donors (Lipinski definition) is 0. The molecule has 0 aliphatic carbocycles. The van der Waals surface area contributed by atoms with Crippen molar-refractivity contribution in [3.8, 4) is 6.07 Å². The summed E-state index contributed by atoms with van der Waals surface area (Å²) in [5.74, 6) is 0. The molecule has 58 valence electrons. The Kier molecular flexibility index (Phi) is 3.62. The molecule has 0 aromatic heterocycles. The summed E-state index contributed by atoms with van der Waals surface area (Å²) in [6.45, 7) is 8.24. The van der Waals surface area contributed by atoms with E-state index >= 15 is 0 Å². The van der Waals surface area contributed by atoms with Crippen molar-refractivity contribution >= 4 is 8.32 Å². The van der Waals surface area contributed by atoms with E-state index in [0.29, 0.717) is 0 Å². The molecule has 0 amide bonds. The number of rotatable bonds is 3. The van der Waals surface area contributed by atoms with Gasteiger partial charge in [-0.25, -0.2) is 0 Å². The molecule has 0 aliphatic heterocycles. The van der Waals surface area contributed by atoms with Gasteiger partial charge in [0, 0.05) is 0 Å². The van der Waals surface area contributed by atoms with Gasteiger partial charge in [0.1, 0.15) is 6.10 Å². The first-order valence-corrected chi connectivity index (χ1v) is 6.98. The maximum atomic E-state index is 8.54. The van der Waals surface area contributed by atoms with Gasteiger partial charge in [-0.15, -0.1) is 0 Å². The van der Waals surface area contributed by atoms with Crippen molar-refractivity contribution in [2.24, 2.45) is 0 Å². The summed E-state index contributed by atoms with van der Waals surface area (Å²) in [4.78, 5) is 0. The summed E-state index contributed by atoms with van der Waals surface area (Å²) >= 11 is 0. The topological polar surface area (TPSA) is 33.0 Å². The molecule has 0 bridgehead atoms. The van der Waals surface area contributed by atoms with E-state index in [1.807, 2.05) is 6.92 Å². The zero-order valence-electron chi connectivity index (χ0n) is 7.14. The van der Waals surface area contributed by atoms with Crippen molar-refractivity contribution < 1.29 is 4.43 Å². The SMILES string of the molecule is CCC(C#N)O[Si](C)(C)C. The third kappa shape index (κ3) is 4.54. The van der Waals surface area contributed by atoms with E-state index < -0.39 is 8.32 Å². The minimum atomic E-state index is -1.48. The van der Waals surface area contributed by atoms with Gasteiger partial charge in [-0.1, -0.05) is 6.92 Å². The summed E-state index contributed by atoms with van der Waals surface area (Å²) in [6, 6.07) is 2.12. The lowest BCUT2D eigenvalue weighted by Gasteiger charge is -2.20. The van der Waals surface area contributed by atoms with Gasteiger partial charge in [0.15, 0.2) is 8.32 Å². The minimum absolute atomic E-state index is 0.188. The fraction of sp³-hybridized carbons (Fsp3) is 0.857. The Bertz CT molecular complexity index is 134. The van der Waals surface area contributed by atoms with E-state index in [1.165, 1.54) is 0 Å². The molecule has 0 saturated heterocycles. The Morgan fingerprint density at radius 3 is 2.10 bits per heavy atom. The van der Waals surface area contributed by atoms with Crippen molar-refractivity contribution in [3.63, 3.8) is 0 Å². The quantitative estimate of drug-likeness (QED) is 0.588. The van der Waals surface area contributed by atoms with Crippen molar-refractivity contribution in [2.45, 2.75) is 39.1 Å². The summed E-state index contributed by atoms with van der Waals surface area (Å²) < 4.78 is 5.51. The van der Waals surface area contributed by atoms with Gasteiger partial charge in [0.05, 0.1) is 6.07 Å². The van der Waals surface area contributed by atoms with Gasteiger partial charge in [0.25, 0.3) is 0 Å². The smallest absolute Gasteiger partial charge is 0.185 e. The lowest BCUT2D eigenvalue weighted by Crippen LogP contribution is -2.30. The highest BCUT2D eigenvalue weighted by molar-refractivity contribution is 6.69. The molecule has 0 radical (unpaired) electrons. The lowest BCUT2D eigenvalue weighted by molar-refractivity contribution is 0.245. The third-order valence-corrected chi connectivity index (χ3v) is 2.00. The zero-order valence-corrected chi connectivity index (χ0v) is 8.14. The van der Waals surface area contributed by atoms with Gasteiger partial charge < -0.3 is 4.43 Å². The predicted octanol–water partition coefficient (Wildman–Crippen LogP) is 2.14. The Hall–Kier alpha value is -0.333. The molecule has 0 saturated carbocycles. The Balaban J connectivity index is 3.78. The molecule has 0 aliphatic rings. The largest absolute Gasteiger partial charge is 0.402 e. The van der Waals surface area contributed by atoms with Crippen molar-refractivity contribution in [1.82, 2.24) is 0 Å². The normalized spacial score (nSPS) is 14.3. The highest BCUT2D eigenvalue weighted by Crippen LogP contribution is 2.08. The maximum Gasteiger partial charge on any atom is 0.185 e. The molecule has 2 nitrogen and oxygen atoms in total. The van der Waals surface area contributed by atoms with Crippen LogP contribution in [-0.4, -0.2) is 14.4 Å². The molecule has 0 spiro atoms. The standard InChI is InChI=1S/C7H15NOSi/c1-5-7(6-8)9-10(2,3)4/h7H,5H2,1-4H3. The first-order valence-electron chi connectivity index (χ1n) is 3.57. The van der Waals surface area contributed by atoms with Gasteiger partial charge in [-0.05, 0) is 26.1 Å². The summed E-state index contributed by atoms with van der Waals surface area (Å²) in [7, 11) is -1.48. The van der Waals surface area contributed by atoms with E-state index in [2.05, 4.69) is 25.7 Å². The molecular weight excluding hydrogens is 142 g/mol. The molecule has 0 rings (SSSR count). The Morgan fingerprint density at radius 1 is 1.50 bits per heavy atom. The van der Waals surface area contributed by atoms with Crippen LogP contribution in [0.4, 0.5) is 0 Å². The van der Waals surface area contributed by atoms with E-state index in [4.69, 9.17) is 9.69 Å². The molecule has 1 unspecified atom stereocenters. The second-order valence-electron chi connectivity index (χ2n) is 3.26. The Labute approximate surface area is 63.9 Å². The van der Waals surface area contributed by atoms with Crippen LogP contribution >= 0.6 is 0 Å². The van der Waals surface area contributed by atoms with Crippen molar-refractivity contribution in [3.05, 3.63) is 0 Å². The van der Waals surface area contributed by atoms with E-state index in [1.54, 1.807) is 0 Å². The summed E-state index contributed by atoms with van der Waals surface area (Å²) in [6.07, 6.45) is 0.604. The molecule has 0 aromatic carbocycles. The van der Waals surface area contributed by atoms with E-state index in [-0.39, 0.29) is 6.10 Å². The average Bonchev–Trinajstić information content (AvgIpc) is 1.81. The molecule has 3 heteroatoms. The average molecular weight is 157 g/mol. The van der Waals surface area contributed by atoms with Gasteiger partial charge >= 0.3 is 0 Å². The molecule has 0 heterocycles. The first kappa shape index (κ1) is 9.67. The van der Waals surface area contributed by atoms with Crippen LogP contribution < -0.4 is 0 Å². The predicted molar refractivity (Wildman–Crippen MR) is 44.1 cm³/mol. The van der Waals surface area contributed by atoms with Gasteiger partial charge in [-0.3, -0.25) is 0 Å². The first-order chi connectivity index (χ1) is 4.49. The third-order valence-electron chi connectivity index (χ3n) is 1.01. The van der Waals surface area contributed by atoms with Crippen LogP contribution in [0.25, 0.3) is 0 Å². The van der Waals surface area contributed by atoms with E-state index in [0.717, 1.165) is 6.42 Å². The minimum Gasteiger partial charge on any atom is -0.402 e. The summed E-state index contributed by atoms with van der Waals surface area (Å²) in [5, 5.41) is 8.54. The molecule has 1 atom stereocenters. The second-order valence-corrected chi connectivity index (χ2v) is 7.72. The number of nitrogens with zero attached hydrogens (tertiary/aromatic N) is 1. The van der Waals surface area contributed by atoms with Crippen LogP contribution in [0.5, 0.6) is 0 Å². The molecule has 0 fully saturated rings. The van der Waals surface area contributed by atoms with Crippen LogP contribution in [0.2, 0.25) is 19.6 Å². The maximum absolute atomic E-state index is 8.54. The number of nitriles is 1. The van der Waals surface area contributed by atoms with Gasteiger partial charge in [-0.2, -0.15) is 5.26 Å².